The maximum Gasteiger partial charge on any atom is 0.413 e. The summed E-state index contributed by atoms with van der Waals surface area (Å²) < 4.78 is 21.9. The number of aromatic amines is 1. The van der Waals surface area contributed by atoms with Crippen LogP contribution in [0.4, 0.5) is 20.7 Å². The van der Waals surface area contributed by atoms with Gasteiger partial charge in [-0.2, -0.15) is 5.10 Å². The number of halogens is 2. The number of hydrogen-bond donors (Lipinski definition) is 3. The molecule has 11 heteroatoms. The summed E-state index contributed by atoms with van der Waals surface area (Å²) in [4.78, 5) is 20.5. The van der Waals surface area contributed by atoms with E-state index in [-0.39, 0.29) is 22.9 Å². The fourth-order valence-corrected chi connectivity index (χ4v) is 3.52. The van der Waals surface area contributed by atoms with Gasteiger partial charge in [-0.05, 0) is 27.7 Å². The van der Waals surface area contributed by atoms with E-state index in [1.807, 2.05) is 13.8 Å². The number of nitrogens with one attached hydrogen (secondary N) is 3. The van der Waals surface area contributed by atoms with Gasteiger partial charge in [-0.1, -0.05) is 11.6 Å². The standard InChI is InChI=1S/C20H21ClFN7O2/c1-9(2)25-19-17(22)16(21)15(11-5-24-28-18(11)19)12-7-29-8-13(26-14(29)6-23-12)27-20(30)31-10(3)4/h5-10,25H,1-4H3,(H,24,28)(H,27,30). The van der Waals surface area contributed by atoms with E-state index in [0.29, 0.717) is 33.6 Å². The monoisotopic (exact) mass is 445 g/mol. The van der Waals surface area contributed by atoms with Crippen LogP contribution in [-0.2, 0) is 4.74 Å². The number of amides is 1. The van der Waals surface area contributed by atoms with E-state index in [9.17, 15) is 4.79 Å². The molecule has 0 radical (unpaired) electrons. The first-order valence-electron chi connectivity index (χ1n) is 9.68. The Bertz CT molecular complexity index is 1280. The summed E-state index contributed by atoms with van der Waals surface area (Å²) in [5.74, 6) is -0.291. The van der Waals surface area contributed by atoms with Crippen molar-refractivity contribution >= 4 is 45.7 Å². The molecule has 0 spiro atoms. The van der Waals surface area contributed by atoms with E-state index in [1.54, 1.807) is 36.8 Å². The fourth-order valence-electron chi connectivity index (χ4n) is 3.22. The summed E-state index contributed by atoms with van der Waals surface area (Å²) in [7, 11) is 0. The number of anilines is 2. The summed E-state index contributed by atoms with van der Waals surface area (Å²) in [6.07, 6.45) is 5.49. The molecule has 0 unspecified atom stereocenters. The molecule has 1 amide bonds. The van der Waals surface area contributed by atoms with Crippen LogP contribution in [0.1, 0.15) is 27.7 Å². The van der Waals surface area contributed by atoms with Gasteiger partial charge < -0.3 is 14.5 Å². The summed E-state index contributed by atoms with van der Waals surface area (Å²) in [5.41, 5.74) is 2.07. The van der Waals surface area contributed by atoms with Gasteiger partial charge in [0.15, 0.2) is 17.3 Å². The Hall–Kier alpha value is -3.40. The van der Waals surface area contributed by atoms with Crippen molar-refractivity contribution in [2.45, 2.75) is 39.8 Å². The molecule has 1 aromatic carbocycles. The smallest absolute Gasteiger partial charge is 0.413 e. The topological polar surface area (TPSA) is 109 Å². The first kappa shape index (κ1) is 20.9. The van der Waals surface area contributed by atoms with Crippen molar-refractivity contribution in [3.05, 3.63) is 35.6 Å². The Kier molecular flexibility index (Phi) is 5.40. The number of nitrogens with zero attached hydrogens (tertiary/aromatic N) is 4. The Balaban J connectivity index is 1.78. The average Bonchev–Trinajstić information content (AvgIpc) is 3.30. The van der Waals surface area contributed by atoms with Gasteiger partial charge in [-0.15, -0.1) is 0 Å². The third kappa shape index (κ3) is 3.98. The molecule has 4 aromatic rings. The fraction of sp³-hybridized carbons (Fsp3) is 0.300. The molecule has 31 heavy (non-hydrogen) atoms. The zero-order valence-corrected chi connectivity index (χ0v) is 18.1. The minimum absolute atomic E-state index is 0.00310. The molecule has 0 fully saturated rings. The summed E-state index contributed by atoms with van der Waals surface area (Å²) in [5, 5.41) is 13.1. The van der Waals surface area contributed by atoms with Crippen LogP contribution >= 0.6 is 11.6 Å². The minimum Gasteiger partial charge on any atom is -0.447 e. The van der Waals surface area contributed by atoms with E-state index < -0.39 is 11.9 Å². The lowest BCUT2D eigenvalue weighted by atomic mass is 10.1. The third-order valence-corrected chi connectivity index (χ3v) is 4.75. The molecule has 0 atom stereocenters. The van der Waals surface area contributed by atoms with Gasteiger partial charge in [0.1, 0.15) is 0 Å². The normalized spacial score (nSPS) is 11.6. The first-order chi connectivity index (χ1) is 14.7. The van der Waals surface area contributed by atoms with E-state index in [2.05, 4.69) is 30.8 Å². The van der Waals surface area contributed by atoms with E-state index in [1.165, 1.54) is 6.20 Å². The molecule has 3 N–H and O–H groups in total. The number of H-pyrrole nitrogens is 1. The van der Waals surface area contributed by atoms with Crippen LogP contribution in [0.2, 0.25) is 5.02 Å². The molecule has 0 bridgehead atoms. The lowest BCUT2D eigenvalue weighted by Gasteiger charge is -2.15. The van der Waals surface area contributed by atoms with Gasteiger partial charge in [-0.3, -0.25) is 15.4 Å². The number of benzene rings is 1. The minimum atomic E-state index is -0.606. The number of fused-ring (bicyclic) bond motifs is 2. The van der Waals surface area contributed by atoms with Crippen molar-refractivity contribution in [2.24, 2.45) is 0 Å². The third-order valence-electron chi connectivity index (χ3n) is 4.39. The van der Waals surface area contributed by atoms with Gasteiger partial charge in [0.25, 0.3) is 0 Å². The van der Waals surface area contributed by atoms with Crippen molar-refractivity contribution in [1.82, 2.24) is 24.6 Å². The van der Waals surface area contributed by atoms with Crippen molar-refractivity contribution in [3.8, 4) is 11.3 Å². The predicted octanol–water partition coefficient (Wildman–Crippen LogP) is 4.84. The molecular weight excluding hydrogens is 425 g/mol. The van der Waals surface area contributed by atoms with Crippen molar-refractivity contribution in [3.63, 3.8) is 0 Å². The molecule has 0 saturated heterocycles. The highest BCUT2D eigenvalue weighted by molar-refractivity contribution is 6.35. The molecule has 162 valence electrons. The lowest BCUT2D eigenvalue weighted by molar-refractivity contribution is 0.130. The number of ether oxygens (including phenoxy) is 1. The van der Waals surface area contributed by atoms with Crippen LogP contribution in [-0.4, -0.2) is 42.8 Å². The van der Waals surface area contributed by atoms with Crippen LogP contribution < -0.4 is 10.6 Å². The van der Waals surface area contributed by atoms with Crippen molar-refractivity contribution in [2.75, 3.05) is 10.6 Å². The maximum absolute atomic E-state index is 15.1. The van der Waals surface area contributed by atoms with Gasteiger partial charge in [0, 0.05) is 23.2 Å². The Morgan fingerprint density at radius 3 is 2.74 bits per heavy atom. The number of aromatic nitrogens is 5. The highest BCUT2D eigenvalue weighted by atomic mass is 35.5. The number of carbonyl (C=O) groups excluding carboxylic acids is 1. The van der Waals surface area contributed by atoms with Crippen LogP contribution in [0.25, 0.3) is 27.8 Å². The van der Waals surface area contributed by atoms with Crippen molar-refractivity contribution in [1.29, 1.82) is 0 Å². The molecule has 9 nitrogen and oxygen atoms in total. The molecule has 0 saturated carbocycles. The quantitative estimate of drug-likeness (QED) is 0.405. The maximum atomic E-state index is 15.1. The van der Waals surface area contributed by atoms with E-state index in [4.69, 9.17) is 16.3 Å². The van der Waals surface area contributed by atoms with E-state index in [0.717, 1.165) is 0 Å². The van der Waals surface area contributed by atoms with Gasteiger partial charge in [0.05, 0.1) is 46.6 Å². The lowest BCUT2D eigenvalue weighted by Crippen LogP contribution is -2.18. The second kappa shape index (κ2) is 8.03. The first-order valence-corrected chi connectivity index (χ1v) is 10.1. The molecule has 0 aliphatic heterocycles. The number of hydrogen-bond acceptors (Lipinski definition) is 6. The largest absolute Gasteiger partial charge is 0.447 e. The molecule has 3 aromatic heterocycles. The highest BCUT2D eigenvalue weighted by Crippen LogP contribution is 2.40. The predicted molar refractivity (Wildman–Crippen MR) is 117 cm³/mol. The van der Waals surface area contributed by atoms with Crippen LogP contribution in [0.15, 0.2) is 24.8 Å². The van der Waals surface area contributed by atoms with Crippen LogP contribution in [0.5, 0.6) is 0 Å². The highest BCUT2D eigenvalue weighted by Gasteiger charge is 2.23. The average molecular weight is 446 g/mol. The van der Waals surface area contributed by atoms with Crippen molar-refractivity contribution < 1.29 is 13.9 Å². The summed E-state index contributed by atoms with van der Waals surface area (Å²) >= 11 is 6.43. The molecule has 4 rings (SSSR count). The van der Waals surface area contributed by atoms with Gasteiger partial charge >= 0.3 is 6.09 Å². The Labute approximate surface area is 182 Å². The Morgan fingerprint density at radius 2 is 2.03 bits per heavy atom. The number of carbonyl (C=O) groups is 1. The molecular formula is C20H21ClFN7O2. The molecule has 0 aliphatic carbocycles. The van der Waals surface area contributed by atoms with Gasteiger partial charge in [0.2, 0.25) is 0 Å². The zero-order chi connectivity index (χ0) is 22.3. The zero-order valence-electron chi connectivity index (χ0n) is 17.3. The number of rotatable bonds is 5. The summed E-state index contributed by atoms with van der Waals surface area (Å²) in [6, 6.07) is -0.00310. The Morgan fingerprint density at radius 1 is 1.26 bits per heavy atom. The second-order valence-corrected chi connectivity index (χ2v) is 7.96. The SMILES string of the molecule is CC(C)Nc1c(F)c(Cl)c(-c2cn3cc(NC(=O)OC(C)C)nc3cn2)c2cn[nH]c12. The molecule has 0 aliphatic rings. The number of imidazole rings is 1. The van der Waals surface area contributed by atoms with Gasteiger partial charge in [-0.25, -0.2) is 14.2 Å². The summed E-state index contributed by atoms with van der Waals surface area (Å²) in [6.45, 7) is 7.31. The second-order valence-electron chi connectivity index (χ2n) is 7.58. The van der Waals surface area contributed by atoms with Crippen LogP contribution in [0.3, 0.4) is 0 Å². The van der Waals surface area contributed by atoms with Crippen LogP contribution in [0, 0.1) is 5.82 Å². The molecule has 3 heterocycles. The van der Waals surface area contributed by atoms with E-state index >= 15 is 4.39 Å².